The van der Waals surface area contributed by atoms with Crippen LogP contribution in [0.4, 0.5) is 4.79 Å². The minimum Gasteiger partial charge on any atom is -0.390 e. The molecule has 2 amide bonds. The Morgan fingerprint density at radius 2 is 2.05 bits per heavy atom. The number of nitrogens with one attached hydrogen (secondary N) is 2. The predicted molar refractivity (Wildman–Crippen MR) is 85.3 cm³/mol. The Labute approximate surface area is 131 Å². The third kappa shape index (κ3) is 5.99. The molecule has 1 unspecified atom stereocenters. The number of aliphatic hydroxyl groups is 1. The van der Waals surface area contributed by atoms with E-state index in [9.17, 15) is 9.90 Å². The van der Waals surface area contributed by atoms with Crippen LogP contribution in [0.3, 0.4) is 0 Å². The highest BCUT2D eigenvalue weighted by molar-refractivity contribution is 5.73. The second kappa shape index (κ2) is 8.70. The molecule has 1 fully saturated rings. The molecule has 1 saturated heterocycles. The zero-order valence-electron chi connectivity index (χ0n) is 13.2. The topological polar surface area (TPSA) is 77.5 Å². The van der Waals surface area contributed by atoms with Gasteiger partial charge in [-0.1, -0.05) is 6.92 Å². The number of aliphatic hydroxyl groups excluding tert-OH is 1. The molecular weight excluding hydrogens is 280 g/mol. The maximum atomic E-state index is 11.7. The molecule has 2 rings (SSSR count). The van der Waals surface area contributed by atoms with E-state index < -0.39 is 6.10 Å². The van der Waals surface area contributed by atoms with E-state index >= 15 is 0 Å². The zero-order chi connectivity index (χ0) is 15.8. The first-order chi connectivity index (χ1) is 10.6. The molecule has 0 bridgehead atoms. The summed E-state index contributed by atoms with van der Waals surface area (Å²) in [6.45, 7) is 5.68. The van der Waals surface area contributed by atoms with E-state index in [0.29, 0.717) is 13.1 Å². The highest BCUT2D eigenvalue weighted by Crippen LogP contribution is 2.15. The number of carbonyl (C=O) groups is 1. The fourth-order valence-corrected chi connectivity index (χ4v) is 2.56. The predicted octanol–water partition coefficient (Wildman–Crippen LogP) is 0.974. The van der Waals surface area contributed by atoms with Crippen LogP contribution in [-0.2, 0) is 6.54 Å². The van der Waals surface area contributed by atoms with E-state index in [4.69, 9.17) is 0 Å². The van der Waals surface area contributed by atoms with Gasteiger partial charge in [0, 0.05) is 32.0 Å². The van der Waals surface area contributed by atoms with Crippen molar-refractivity contribution in [2.24, 2.45) is 5.92 Å². The Morgan fingerprint density at radius 1 is 1.36 bits per heavy atom. The summed E-state index contributed by atoms with van der Waals surface area (Å²) < 4.78 is 0. The lowest BCUT2D eigenvalue weighted by Crippen LogP contribution is -2.45. The van der Waals surface area contributed by atoms with Gasteiger partial charge in [-0.2, -0.15) is 0 Å². The molecule has 0 aliphatic carbocycles. The number of pyridine rings is 1. The van der Waals surface area contributed by atoms with Crippen molar-refractivity contribution in [2.45, 2.75) is 32.4 Å². The number of urea groups is 1. The lowest BCUT2D eigenvalue weighted by Gasteiger charge is -2.31. The first kappa shape index (κ1) is 16.7. The van der Waals surface area contributed by atoms with E-state index in [-0.39, 0.29) is 12.6 Å². The monoisotopic (exact) mass is 306 g/mol. The molecule has 1 aromatic rings. The molecule has 3 N–H and O–H groups in total. The number of aromatic nitrogens is 1. The summed E-state index contributed by atoms with van der Waals surface area (Å²) in [5.74, 6) is 0.783. The summed E-state index contributed by atoms with van der Waals surface area (Å²) in [7, 11) is 0. The van der Waals surface area contributed by atoms with Gasteiger partial charge in [-0.3, -0.25) is 4.98 Å². The number of piperidine rings is 1. The Morgan fingerprint density at radius 3 is 2.73 bits per heavy atom. The Balaban J connectivity index is 1.59. The number of likely N-dealkylation sites (tertiary alicyclic amines) is 1. The highest BCUT2D eigenvalue weighted by atomic mass is 16.3. The molecule has 6 nitrogen and oxygen atoms in total. The number of nitrogens with zero attached hydrogens (tertiary/aromatic N) is 2. The minimum atomic E-state index is -0.528. The van der Waals surface area contributed by atoms with Gasteiger partial charge in [0.2, 0.25) is 0 Å². The van der Waals surface area contributed by atoms with Crippen molar-refractivity contribution in [3.8, 4) is 0 Å². The summed E-state index contributed by atoms with van der Waals surface area (Å²) >= 11 is 0. The van der Waals surface area contributed by atoms with Gasteiger partial charge in [0.1, 0.15) is 0 Å². The Kier molecular flexibility index (Phi) is 6.61. The molecule has 122 valence electrons. The van der Waals surface area contributed by atoms with Crippen molar-refractivity contribution in [2.75, 3.05) is 26.2 Å². The number of rotatable bonds is 6. The van der Waals surface area contributed by atoms with Crippen LogP contribution in [0.1, 0.15) is 25.3 Å². The molecule has 6 heteroatoms. The van der Waals surface area contributed by atoms with E-state index in [2.05, 4.69) is 27.4 Å². The summed E-state index contributed by atoms with van der Waals surface area (Å²) in [5, 5.41) is 15.5. The molecule has 2 heterocycles. The van der Waals surface area contributed by atoms with Crippen LogP contribution in [-0.4, -0.2) is 53.3 Å². The van der Waals surface area contributed by atoms with Crippen molar-refractivity contribution in [1.82, 2.24) is 20.5 Å². The van der Waals surface area contributed by atoms with Crippen molar-refractivity contribution >= 4 is 6.03 Å². The first-order valence-corrected chi connectivity index (χ1v) is 7.94. The van der Waals surface area contributed by atoms with Crippen LogP contribution >= 0.6 is 0 Å². The summed E-state index contributed by atoms with van der Waals surface area (Å²) in [6.07, 6.45) is 5.23. The molecule has 1 atom stereocenters. The number of carbonyl (C=O) groups excluding carboxylic acids is 1. The summed E-state index contributed by atoms with van der Waals surface area (Å²) in [6, 6.07) is 3.45. The number of β-amino-alcohol motifs (C(OH)–C–C–N with tert-alkyl or cyclic N) is 1. The third-order valence-corrected chi connectivity index (χ3v) is 4.05. The number of hydrogen-bond donors (Lipinski definition) is 3. The number of hydrogen-bond acceptors (Lipinski definition) is 4. The van der Waals surface area contributed by atoms with Crippen molar-refractivity contribution < 1.29 is 9.90 Å². The quantitative estimate of drug-likeness (QED) is 0.732. The highest BCUT2D eigenvalue weighted by Gasteiger charge is 2.18. The van der Waals surface area contributed by atoms with Gasteiger partial charge in [-0.25, -0.2) is 4.79 Å². The van der Waals surface area contributed by atoms with Gasteiger partial charge in [0.15, 0.2) is 0 Å². The molecule has 0 aromatic carbocycles. The average Bonchev–Trinajstić information content (AvgIpc) is 2.54. The first-order valence-electron chi connectivity index (χ1n) is 7.94. The normalized spacial score (nSPS) is 17.9. The third-order valence-electron chi connectivity index (χ3n) is 4.05. The van der Waals surface area contributed by atoms with Gasteiger partial charge in [0.05, 0.1) is 6.10 Å². The van der Waals surface area contributed by atoms with E-state index in [1.807, 2.05) is 12.1 Å². The molecule has 0 spiro atoms. The lowest BCUT2D eigenvalue weighted by atomic mass is 9.99. The van der Waals surface area contributed by atoms with Crippen LogP contribution in [0, 0.1) is 5.92 Å². The molecule has 0 saturated carbocycles. The fourth-order valence-electron chi connectivity index (χ4n) is 2.56. The summed E-state index contributed by atoms with van der Waals surface area (Å²) in [4.78, 5) is 17.9. The largest absolute Gasteiger partial charge is 0.390 e. The Hall–Kier alpha value is -1.66. The van der Waals surface area contributed by atoms with Crippen molar-refractivity contribution in [3.05, 3.63) is 30.1 Å². The van der Waals surface area contributed by atoms with Crippen LogP contribution < -0.4 is 10.6 Å². The number of amides is 2. The maximum Gasteiger partial charge on any atom is 0.315 e. The second-order valence-corrected chi connectivity index (χ2v) is 6.06. The van der Waals surface area contributed by atoms with E-state index in [0.717, 1.165) is 24.6 Å². The summed E-state index contributed by atoms with van der Waals surface area (Å²) in [5.41, 5.74) is 0.994. The van der Waals surface area contributed by atoms with Crippen molar-refractivity contribution in [3.63, 3.8) is 0 Å². The van der Waals surface area contributed by atoms with Crippen LogP contribution in [0.15, 0.2) is 24.5 Å². The van der Waals surface area contributed by atoms with Gasteiger partial charge >= 0.3 is 6.03 Å². The zero-order valence-corrected chi connectivity index (χ0v) is 13.2. The molecular formula is C16H26N4O2. The van der Waals surface area contributed by atoms with E-state index in [1.54, 1.807) is 12.4 Å². The average molecular weight is 306 g/mol. The van der Waals surface area contributed by atoms with Gasteiger partial charge in [0.25, 0.3) is 0 Å². The van der Waals surface area contributed by atoms with Crippen LogP contribution in [0.25, 0.3) is 0 Å². The lowest BCUT2D eigenvalue weighted by molar-refractivity contribution is 0.0920. The SMILES string of the molecule is CC1CCN(CC(O)CNC(=O)NCc2ccncc2)CC1. The second-order valence-electron chi connectivity index (χ2n) is 6.06. The molecule has 22 heavy (non-hydrogen) atoms. The molecule has 0 radical (unpaired) electrons. The van der Waals surface area contributed by atoms with Gasteiger partial charge in [-0.15, -0.1) is 0 Å². The molecule has 1 aliphatic rings. The molecule has 1 aromatic heterocycles. The fraction of sp³-hybridized carbons (Fsp3) is 0.625. The van der Waals surface area contributed by atoms with Gasteiger partial charge < -0.3 is 20.6 Å². The van der Waals surface area contributed by atoms with Crippen molar-refractivity contribution in [1.29, 1.82) is 0 Å². The van der Waals surface area contributed by atoms with Crippen LogP contribution in [0.5, 0.6) is 0 Å². The molecule has 1 aliphatic heterocycles. The van der Waals surface area contributed by atoms with Gasteiger partial charge in [-0.05, 0) is 49.5 Å². The standard InChI is InChI=1S/C16H26N4O2/c1-13-4-8-20(9-5-13)12-15(21)11-19-16(22)18-10-14-2-6-17-7-3-14/h2-3,6-7,13,15,21H,4-5,8-12H2,1H3,(H2,18,19,22). The maximum absolute atomic E-state index is 11.7. The minimum absolute atomic E-state index is 0.261. The van der Waals surface area contributed by atoms with Crippen LogP contribution in [0.2, 0.25) is 0 Å². The Bertz CT molecular complexity index is 447. The smallest absolute Gasteiger partial charge is 0.315 e. The van der Waals surface area contributed by atoms with E-state index in [1.165, 1.54) is 12.8 Å².